The van der Waals surface area contributed by atoms with Crippen LogP contribution < -0.4 is 5.73 Å². The molecule has 0 spiro atoms. The smallest absolute Gasteiger partial charge is 0.334 e. The van der Waals surface area contributed by atoms with Crippen molar-refractivity contribution in [3.8, 4) is 27.5 Å². The van der Waals surface area contributed by atoms with Crippen molar-refractivity contribution in [2.24, 2.45) is 5.73 Å². The van der Waals surface area contributed by atoms with Crippen molar-refractivity contribution in [3.05, 3.63) is 69.0 Å². The Bertz CT molecular complexity index is 1710. The molecule has 0 atom stereocenters. The van der Waals surface area contributed by atoms with Crippen LogP contribution in [0.2, 0.25) is 10.0 Å². The van der Waals surface area contributed by atoms with Gasteiger partial charge in [-0.2, -0.15) is 36.1 Å². The quantitative estimate of drug-likeness (QED) is 0.162. The number of aromatic nitrogens is 3. The molecule has 1 saturated heterocycles. The number of amides is 1. The lowest BCUT2D eigenvalue weighted by Crippen LogP contribution is -2.58. The molecule has 0 bridgehead atoms. The summed E-state index contributed by atoms with van der Waals surface area (Å²) in [6.07, 6.45) is -10.2. The van der Waals surface area contributed by atoms with Crippen LogP contribution in [0.3, 0.4) is 0 Å². The Labute approximate surface area is 266 Å². The number of likely N-dealkylation sites (tertiary alicyclic amines) is 1. The molecule has 0 unspecified atom stereocenters. The Balaban J connectivity index is 1.76. The number of nitrogens with two attached hydrogens (primary N) is 1. The van der Waals surface area contributed by atoms with Gasteiger partial charge in [0.2, 0.25) is 5.13 Å². The number of thiazole rings is 1. The maximum absolute atomic E-state index is 13.9. The molecule has 0 saturated carbocycles. The van der Waals surface area contributed by atoms with Crippen LogP contribution in [0.15, 0.2) is 40.6 Å². The van der Waals surface area contributed by atoms with Gasteiger partial charge in [0.05, 0.1) is 36.8 Å². The minimum atomic E-state index is -5.08. The van der Waals surface area contributed by atoms with E-state index in [4.69, 9.17) is 33.9 Å². The molecular formula is C28H23Cl2F6N5OS2. The standard InChI is InChI=1S/C28H23Cl2F6N5OS2/c1-12(2)43-25-22(14-4-5-19(29)20(30)8-14)38-26(44-25)41-23(24(42)40-10-18(37)11-40)21(13(3)39-41)15-6-16(27(31,32)33)9-17(7-15)28(34,35)36/h4-9,12,18H,10-11,37H2,1-3H3. The summed E-state index contributed by atoms with van der Waals surface area (Å²) >= 11 is 15.0. The molecule has 2 aromatic carbocycles. The van der Waals surface area contributed by atoms with Crippen LogP contribution in [0, 0.1) is 6.92 Å². The Hall–Kier alpha value is -2.78. The van der Waals surface area contributed by atoms with E-state index in [0.717, 1.165) is 4.21 Å². The first-order valence-electron chi connectivity index (χ1n) is 13.0. The van der Waals surface area contributed by atoms with Gasteiger partial charge in [0.25, 0.3) is 5.91 Å². The van der Waals surface area contributed by atoms with Crippen LogP contribution in [0.4, 0.5) is 26.3 Å². The van der Waals surface area contributed by atoms with E-state index in [-0.39, 0.29) is 57.6 Å². The van der Waals surface area contributed by atoms with Gasteiger partial charge in [-0.25, -0.2) is 4.98 Å². The number of carbonyl (C=O) groups excluding carboxylic acids is 1. The highest BCUT2D eigenvalue weighted by atomic mass is 35.5. The van der Waals surface area contributed by atoms with Crippen LogP contribution in [0.5, 0.6) is 0 Å². The van der Waals surface area contributed by atoms with Crippen LogP contribution in [-0.2, 0) is 12.4 Å². The van der Waals surface area contributed by atoms with Gasteiger partial charge in [0, 0.05) is 35.5 Å². The largest absolute Gasteiger partial charge is 0.416 e. The third kappa shape index (κ3) is 6.45. The van der Waals surface area contributed by atoms with Crippen LogP contribution in [-0.4, -0.2) is 50.0 Å². The molecule has 16 heteroatoms. The second kappa shape index (κ2) is 11.9. The lowest BCUT2D eigenvalue weighted by atomic mass is 9.96. The van der Waals surface area contributed by atoms with Gasteiger partial charge in [0.15, 0.2) is 0 Å². The Kier molecular flexibility index (Phi) is 8.79. The highest BCUT2D eigenvalue weighted by molar-refractivity contribution is 8.01. The molecule has 1 fully saturated rings. The molecule has 1 aliphatic rings. The number of benzene rings is 2. The molecule has 44 heavy (non-hydrogen) atoms. The summed E-state index contributed by atoms with van der Waals surface area (Å²) in [6.45, 7) is 5.65. The molecule has 3 heterocycles. The summed E-state index contributed by atoms with van der Waals surface area (Å²) in [7, 11) is 0. The van der Waals surface area contributed by atoms with Crippen molar-refractivity contribution >= 4 is 52.2 Å². The minimum Gasteiger partial charge on any atom is -0.334 e. The summed E-state index contributed by atoms with van der Waals surface area (Å²) in [6, 6.07) is 5.84. The maximum atomic E-state index is 13.9. The third-order valence-corrected chi connectivity index (χ3v) is 9.62. The van der Waals surface area contributed by atoms with Crippen molar-refractivity contribution in [1.29, 1.82) is 0 Å². The van der Waals surface area contributed by atoms with Gasteiger partial charge in [-0.15, -0.1) is 11.8 Å². The fourth-order valence-electron chi connectivity index (χ4n) is 4.64. The number of alkyl halides is 6. The summed E-state index contributed by atoms with van der Waals surface area (Å²) in [5.74, 6) is -0.655. The van der Waals surface area contributed by atoms with E-state index < -0.39 is 35.0 Å². The predicted molar refractivity (Wildman–Crippen MR) is 160 cm³/mol. The third-order valence-electron chi connectivity index (χ3n) is 6.64. The molecule has 2 N–H and O–H groups in total. The van der Waals surface area contributed by atoms with E-state index in [9.17, 15) is 31.1 Å². The molecule has 0 aliphatic carbocycles. The SMILES string of the molecule is Cc1nn(-c2nc(-c3ccc(Cl)c(Cl)c3)c(SC(C)C)s2)c(C(=O)N2CC(N)C2)c1-c1cc(C(F)(F)F)cc(C(F)(F)F)c1. The topological polar surface area (TPSA) is 77.0 Å². The van der Waals surface area contributed by atoms with E-state index >= 15 is 0 Å². The second-order valence-corrected chi connectivity index (χ2v) is 14.1. The van der Waals surface area contributed by atoms with Crippen molar-refractivity contribution in [2.45, 2.75) is 48.6 Å². The lowest BCUT2D eigenvalue weighted by molar-refractivity contribution is -0.143. The van der Waals surface area contributed by atoms with Gasteiger partial charge >= 0.3 is 12.4 Å². The Morgan fingerprint density at radius 2 is 1.61 bits per heavy atom. The summed E-state index contributed by atoms with van der Waals surface area (Å²) < 4.78 is 84.6. The predicted octanol–water partition coefficient (Wildman–Crippen LogP) is 8.60. The summed E-state index contributed by atoms with van der Waals surface area (Å²) in [4.78, 5) is 20.0. The van der Waals surface area contributed by atoms with E-state index in [1.807, 2.05) is 13.8 Å². The number of thioether (sulfide) groups is 1. The number of halogens is 8. The second-order valence-electron chi connectivity index (χ2n) is 10.4. The summed E-state index contributed by atoms with van der Waals surface area (Å²) in [5.41, 5.74) is 3.16. The molecule has 234 valence electrons. The van der Waals surface area contributed by atoms with Gasteiger partial charge < -0.3 is 10.6 Å². The Morgan fingerprint density at radius 3 is 2.14 bits per heavy atom. The molecule has 0 radical (unpaired) electrons. The van der Waals surface area contributed by atoms with Crippen LogP contribution >= 0.6 is 46.3 Å². The van der Waals surface area contributed by atoms with Gasteiger partial charge in [-0.05, 0) is 42.8 Å². The van der Waals surface area contributed by atoms with Crippen molar-refractivity contribution in [2.75, 3.05) is 13.1 Å². The van der Waals surface area contributed by atoms with Crippen molar-refractivity contribution < 1.29 is 31.1 Å². The highest BCUT2D eigenvalue weighted by Crippen LogP contribution is 2.44. The first-order valence-corrected chi connectivity index (χ1v) is 15.5. The highest BCUT2D eigenvalue weighted by Gasteiger charge is 2.39. The number of nitrogens with zero attached hydrogens (tertiary/aromatic N) is 4. The van der Waals surface area contributed by atoms with Crippen molar-refractivity contribution in [3.63, 3.8) is 0 Å². The number of aryl methyl sites for hydroxylation is 1. The first-order chi connectivity index (χ1) is 20.4. The molecule has 4 aromatic rings. The monoisotopic (exact) mass is 693 g/mol. The van der Waals surface area contributed by atoms with Crippen LogP contribution in [0.1, 0.15) is 41.2 Å². The normalized spacial score (nSPS) is 14.4. The zero-order valence-corrected chi connectivity index (χ0v) is 26.3. The number of hydrogen-bond acceptors (Lipinski definition) is 6. The molecule has 1 amide bonds. The fraction of sp³-hybridized carbons (Fsp3) is 0.321. The van der Waals surface area contributed by atoms with E-state index in [0.29, 0.717) is 28.4 Å². The van der Waals surface area contributed by atoms with E-state index in [2.05, 4.69) is 5.10 Å². The maximum Gasteiger partial charge on any atom is 0.416 e. The minimum absolute atomic E-state index is 0.0370. The number of carbonyl (C=O) groups is 1. The Morgan fingerprint density at radius 1 is 1.00 bits per heavy atom. The first kappa shape index (κ1) is 32.6. The molecule has 6 nitrogen and oxygen atoms in total. The molecular weight excluding hydrogens is 671 g/mol. The average Bonchev–Trinajstić information content (AvgIpc) is 3.47. The molecule has 5 rings (SSSR count). The van der Waals surface area contributed by atoms with Crippen molar-refractivity contribution in [1.82, 2.24) is 19.7 Å². The number of rotatable bonds is 6. The molecule has 1 aliphatic heterocycles. The zero-order valence-electron chi connectivity index (χ0n) is 23.1. The van der Waals surface area contributed by atoms with Gasteiger partial charge in [-0.3, -0.25) is 4.79 Å². The van der Waals surface area contributed by atoms with E-state index in [1.165, 1.54) is 39.6 Å². The number of hydrogen-bond donors (Lipinski definition) is 1. The fourth-order valence-corrected chi connectivity index (χ4v) is 7.42. The van der Waals surface area contributed by atoms with Crippen LogP contribution in [0.25, 0.3) is 27.5 Å². The lowest BCUT2D eigenvalue weighted by Gasteiger charge is -2.37. The zero-order chi connectivity index (χ0) is 32.3. The van der Waals surface area contributed by atoms with Gasteiger partial charge in [-0.1, -0.05) is 54.5 Å². The average molecular weight is 695 g/mol. The van der Waals surface area contributed by atoms with Gasteiger partial charge in [0.1, 0.15) is 5.69 Å². The molecule has 2 aromatic heterocycles. The van der Waals surface area contributed by atoms with E-state index in [1.54, 1.807) is 18.2 Å². The summed E-state index contributed by atoms with van der Waals surface area (Å²) in [5, 5.41) is 5.35.